The predicted octanol–water partition coefficient (Wildman–Crippen LogP) is 4.96. The molecule has 0 aromatic heterocycles. The Morgan fingerprint density at radius 2 is 1.45 bits per heavy atom. The summed E-state index contributed by atoms with van der Waals surface area (Å²) >= 11 is 0. The van der Waals surface area contributed by atoms with Crippen LogP contribution in [-0.4, -0.2) is 23.3 Å². The lowest BCUT2D eigenvalue weighted by Gasteiger charge is -2.36. The van der Waals surface area contributed by atoms with Crippen LogP contribution in [0.5, 0.6) is 11.5 Å². The standard InChI is InChI=1S/C25H28N2O2/c28-25-22(26-18-19-10-3-1-4-11-19)15-9-16-23(25)27-21-14-7-8-17-24(21)29-20-12-5-2-6-13-20/h1-8,10-14,17,22-23,25-28H,9,15-16,18H2/t22-,23-,25-/m1/s1. The number of hydrogen-bond acceptors (Lipinski definition) is 4. The predicted molar refractivity (Wildman–Crippen MR) is 117 cm³/mol. The molecule has 4 nitrogen and oxygen atoms in total. The number of rotatable bonds is 7. The zero-order chi connectivity index (χ0) is 19.9. The second-order valence-electron chi connectivity index (χ2n) is 7.56. The van der Waals surface area contributed by atoms with E-state index in [1.165, 1.54) is 5.56 Å². The maximum absolute atomic E-state index is 11.0. The summed E-state index contributed by atoms with van der Waals surface area (Å²) in [6.07, 6.45) is 2.53. The number of hydrogen-bond donors (Lipinski definition) is 3. The lowest BCUT2D eigenvalue weighted by atomic mass is 9.87. The molecule has 29 heavy (non-hydrogen) atoms. The molecule has 0 bridgehead atoms. The Morgan fingerprint density at radius 1 is 0.793 bits per heavy atom. The summed E-state index contributed by atoms with van der Waals surface area (Å²) in [5, 5.41) is 18.1. The van der Waals surface area contributed by atoms with Crippen LogP contribution in [0.2, 0.25) is 0 Å². The zero-order valence-corrected chi connectivity index (χ0v) is 16.5. The number of anilines is 1. The molecule has 0 unspecified atom stereocenters. The van der Waals surface area contributed by atoms with Crippen LogP contribution in [-0.2, 0) is 6.54 Å². The third-order valence-corrected chi connectivity index (χ3v) is 5.46. The van der Waals surface area contributed by atoms with E-state index in [0.29, 0.717) is 0 Å². The quantitative estimate of drug-likeness (QED) is 0.535. The number of benzene rings is 3. The van der Waals surface area contributed by atoms with E-state index < -0.39 is 6.10 Å². The van der Waals surface area contributed by atoms with Gasteiger partial charge in [-0.15, -0.1) is 0 Å². The zero-order valence-electron chi connectivity index (χ0n) is 16.5. The van der Waals surface area contributed by atoms with Gasteiger partial charge in [-0.2, -0.15) is 0 Å². The van der Waals surface area contributed by atoms with Gasteiger partial charge in [0.25, 0.3) is 0 Å². The molecule has 0 heterocycles. The Labute approximate surface area is 172 Å². The highest BCUT2D eigenvalue weighted by atomic mass is 16.5. The minimum Gasteiger partial charge on any atom is -0.455 e. The van der Waals surface area contributed by atoms with E-state index in [9.17, 15) is 5.11 Å². The van der Waals surface area contributed by atoms with Crippen molar-refractivity contribution in [1.29, 1.82) is 0 Å². The molecule has 0 radical (unpaired) electrons. The van der Waals surface area contributed by atoms with E-state index in [1.54, 1.807) is 0 Å². The lowest BCUT2D eigenvalue weighted by molar-refractivity contribution is 0.0782. The van der Waals surface area contributed by atoms with Crippen molar-refractivity contribution in [3.63, 3.8) is 0 Å². The van der Waals surface area contributed by atoms with Crippen molar-refractivity contribution < 1.29 is 9.84 Å². The molecular formula is C25H28N2O2. The summed E-state index contributed by atoms with van der Waals surface area (Å²) in [6.45, 7) is 0.767. The van der Waals surface area contributed by atoms with Crippen LogP contribution in [0, 0.1) is 0 Å². The van der Waals surface area contributed by atoms with E-state index in [-0.39, 0.29) is 12.1 Å². The average molecular weight is 389 g/mol. The van der Waals surface area contributed by atoms with E-state index in [1.807, 2.05) is 72.8 Å². The van der Waals surface area contributed by atoms with Crippen molar-refractivity contribution in [3.8, 4) is 11.5 Å². The van der Waals surface area contributed by atoms with Crippen molar-refractivity contribution in [3.05, 3.63) is 90.5 Å². The first-order valence-corrected chi connectivity index (χ1v) is 10.3. The van der Waals surface area contributed by atoms with Gasteiger partial charge in [0.1, 0.15) is 5.75 Å². The number of nitrogens with one attached hydrogen (secondary N) is 2. The Hall–Kier alpha value is -2.82. The van der Waals surface area contributed by atoms with Gasteiger partial charge in [0.15, 0.2) is 5.75 Å². The molecule has 1 aliphatic rings. The number of aliphatic hydroxyl groups excluding tert-OH is 1. The van der Waals surface area contributed by atoms with E-state index >= 15 is 0 Å². The van der Waals surface area contributed by atoms with E-state index in [0.717, 1.165) is 43.0 Å². The first-order chi connectivity index (χ1) is 14.3. The third-order valence-electron chi connectivity index (χ3n) is 5.46. The van der Waals surface area contributed by atoms with Gasteiger partial charge >= 0.3 is 0 Å². The van der Waals surface area contributed by atoms with Crippen molar-refractivity contribution >= 4 is 5.69 Å². The van der Waals surface area contributed by atoms with Crippen LogP contribution in [0.25, 0.3) is 0 Å². The summed E-state index contributed by atoms with van der Waals surface area (Å²) in [5.74, 6) is 1.57. The average Bonchev–Trinajstić information content (AvgIpc) is 2.77. The highest BCUT2D eigenvalue weighted by Crippen LogP contribution is 2.32. The largest absolute Gasteiger partial charge is 0.455 e. The van der Waals surface area contributed by atoms with Crippen LogP contribution < -0.4 is 15.4 Å². The van der Waals surface area contributed by atoms with Gasteiger partial charge in [-0.3, -0.25) is 0 Å². The first kappa shape index (κ1) is 19.5. The molecule has 0 amide bonds. The highest BCUT2D eigenvalue weighted by molar-refractivity contribution is 5.58. The molecule has 1 fully saturated rings. The Bertz CT molecular complexity index is 886. The molecule has 0 spiro atoms. The molecule has 150 valence electrons. The number of ether oxygens (including phenoxy) is 1. The summed E-state index contributed by atoms with van der Waals surface area (Å²) in [5.41, 5.74) is 2.14. The van der Waals surface area contributed by atoms with Crippen molar-refractivity contribution in [2.75, 3.05) is 5.32 Å². The second kappa shape index (κ2) is 9.59. The Kier molecular flexibility index (Phi) is 6.45. The normalized spacial score (nSPS) is 21.5. The van der Waals surface area contributed by atoms with Gasteiger partial charge in [0.05, 0.1) is 17.8 Å². The van der Waals surface area contributed by atoms with E-state index in [2.05, 4.69) is 22.8 Å². The number of para-hydroxylation sites is 3. The van der Waals surface area contributed by atoms with E-state index in [4.69, 9.17) is 4.74 Å². The van der Waals surface area contributed by atoms with Crippen molar-refractivity contribution in [1.82, 2.24) is 5.32 Å². The first-order valence-electron chi connectivity index (χ1n) is 10.3. The fourth-order valence-corrected chi connectivity index (χ4v) is 3.89. The minimum absolute atomic E-state index is 0.0162. The smallest absolute Gasteiger partial charge is 0.150 e. The van der Waals surface area contributed by atoms with Crippen LogP contribution in [0.15, 0.2) is 84.9 Å². The summed E-state index contributed by atoms with van der Waals surface area (Å²) in [6, 6.07) is 28.1. The van der Waals surface area contributed by atoms with Crippen molar-refractivity contribution in [2.24, 2.45) is 0 Å². The van der Waals surface area contributed by atoms with Gasteiger partial charge in [-0.25, -0.2) is 0 Å². The fourth-order valence-electron chi connectivity index (χ4n) is 3.89. The lowest BCUT2D eigenvalue weighted by Crippen LogP contribution is -2.51. The SMILES string of the molecule is O[C@@H]1[C@H](NCc2ccccc2)CCC[C@H]1Nc1ccccc1Oc1ccccc1. The molecule has 0 saturated heterocycles. The van der Waals surface area contributed by atoms with Crippen LogP contribution in [0.1, 0.15) is 24.8 Å². The summed E-state index contributed by atoms with van der Waals surface area (Å²) in [4.78, 5) is 0. The monoisotopic (exact) mass is 388 g/mol. The van der Waals surface area contributed by atoms with Gasteiger partial charge in [-0.05, 0) is 49.1 Å². The van der Waals surface area contributed by atoms with Gasteiger partial charge in [0.2, 0.25) is 0 Å². The molecule has 3 atom stereocenters. The number of aliphatic hydroxyl groups is 1. The molecule has 0 aliphatic heterocycles. The molecule has 3 aromatic carbocycles. The summed E-state index contributed by atoms with van der Waals surface area (Å²) < 4.78 is 6.06. The maximum atomic E-state index is 11.0. The maximum Gasteiger partial charge on any atom is 0.150 e. The van der Waals surface area contributed by atoms with Crippen LogP contribution in [0.3, 0.4) is 0 Å². The van der Waals surface area contributed by atoms with Gasteiger partial charge in [-0.1, -0.05) is 60.7 Å². The highest BCUT2D eigenvalue weighted by Gasteiger charge is 2.31. The van der Waals surface area contributed by atoms with Crippen molar-refractivity contribution in [2.45, 2.75) is 44.0 Å². The Morgan fingerprint density at radius 3 is 2.24 bits per heavy atom. The van der Waals surface area contributed by atoms with Crippen LogP contribution in [0.4, 0.5) is 5.69 Å². The Balaban J connectivity index is 1.41. The molecule has 4 rings (SSSR count). The third kappa shape index (κ3) is 5.17. The molecule has 3 aromatic rings. The topological polar surface area (TPSA) is 53.5 Å². The second-order valence-corrected chi connectivity index (χ2v) is 7.56. The van der Waals surface area contributed by atoms with Gasteiger partial charge < -0.3 is 20.5 Å². The minimum atomic E-state index is -0.461. The molecule has 1 aliphatic carbocycles. The molecule has 4 heteroatoms. The molecule has 1 saturated carbocycles. The summed E-state index contributed by atoms with van der Waals surface area (Å²) in [7, 11) is 0. The molecule has 3 N–H and O–H groups in total. The van der Waals surface area contributed by atoms with Gasteiger partial charge in [0, 0.05) is 12.6 Å². The molecular weight excluding hydrogens is 360 g/mol. The van der Waals surface area contributed by atoms with Crippen LogP contribution >= 0.6 is 0 Å². The fraction of sp³-hybridized carbons (Fsp3) is 0.280.